The number of carbonyl (C=O) groups excluding carboxylic acids is 1. The summed E-state index contributed by atoms with van der Waals surface area (Å²) < 4.78 is 13.3. The first-order valence-electron chi connectivity index (χ1n) is 4.28. The molecule has 1 aromatic heterocycles. The summed E-state index contributed by atoms with van der Waals surface area (Å²) in [4.78, 5) is 14.4. The van der Waals surface area contributed by atoms with Gasteiger partial charge < -0.3 is 5.73 Å². The van der Waals surface area contributed by atoms with Crippen molar-refractivity contribution in [1.29, 1.82) is 0 Å². The average molecular weight is 196 g/mol. The maximum absolute atomic E-state index is 13.3. The number of aromatic nitrogens is 1. The van der Waals surface area contributed by atoms with Gasteiger partial charge in [-0.25, -0.2) is 9.37 Å². The minimum atomic E-state index is -0.643. The minimum Gasteiger partial charge on any atom is -0.364 e. The summed E-state index contributed by atoms with van der Waals surface area (Å²) in [6, 6.07) is 1.40. The summed E-state index contributed by atoms with van der Waals surface area (Å²) in [6.45, 7) is 5.57. The van der Waals surface area contributed by atoms with Crippen LogP contribution in [0.2, 0.25) is 0 Å². The second-order valence-electron chi connectivity index (χ2n) is 4.16. The maximum atomic E-state index is 13.3. The van der Waals surface area contributed by atoms with Gasteiger partial charge >= 0.3 is 0 Å². The molecule has 0 radical (unpaired) electrons. The Morgan fingerprint density at radius 3 is 2.50 bits per heavy atom. The molecular weight excluding hydrogens is 183 g/mol. The Balaban J connectivity index is 3.29. The van der Waals surface area contributed by atoms with Crippen molar-refractivity contribution in [2.75, 3.05) is 0 Å². The predicted octanol–water partition coefficient (Wildman–Crippen LogP) is 1.62. The highest BCUT2D eigenvalue weighted by molar-refractivity contribution is 5.90. The SMILES string of the molecule is CC(C)(C)c1cc(C(N)=O)ncc1F. The molecule has 1 rings (SSSR count). The van der Waals surface area contributed by atoms with Crippen molar-refractivity contribution in [3.05, 3.63) is 29.3 Å². The number of hydrogen-bond acceptors (Lipinski definition) is 2. The number of nitrogens with zero attached hydrogens (tertiary/aromatic N) is 1. The molecule has 2 N–H and O–H groups in total. The molecule has 0 saturated heterocycles. The highest BCUT2D eigenvalue weighted by Crippen LogP contribution is 2.24. The number of carbonyl (C=O) groups is 1. The molecule has 0 aliphatic heterocycles. The van der Waals surface area contributed by atoms with E-state index >= 15 is 0 Å². The Bertz CT molecular complexity index is 369. The number of nitrogens with two attached hydrogens (primary N) is 1. The van der Waals surface area contributed by atoms with Crippen LogP contribution in [-0.2, 0) is 5.41 Å². The predicted molar refractivity (Wildman–Crippen MR) is 51.4 cm³/mol. The summed E-state index contributed by atoms with van der Waals surface area (Å²) in [7, 11) is 0. The average Bonchev–Trinajstić information content (AvgIpc) is 2.02. The Labute approximate surface area is 82.1 Å². The summed E-state index contributed by atoms with van der Waals surface area (Å²) in [5, 5.41) is 0. The van der Waals surface area contributed by atoms with Crippen LogP contribution >= 0.6 is 0 Å². The maximum Gasteiger partial charge on any atom is 0.267 e. The van der Waals surface area contributed by atoms with E-state index in [0.717, 1.165) is 6.20 Å². The number of halogens is 1. The fraction of sp³-hybridized carbons (Fsp3) is 0.400. The summed E-state index contributed by atoms with van der Waals surface area (Å²) in [5.41, 5.74) is 5.23. The molecule has 0 aromatic carbocycles. The minimum absolute atomic E-state index is 0.0938. The van der Waals surface area contributed by atoms with Crippen LogP contribution in [0.25, 0.3) is 0 Å². The molecule has 1 heterocycles. The molecule has 0 spiro atoms. The van der Waals surface area contributed by atoms with Gasteiger partial charge in [-0.05, 0) is 17.0 Å². The molecule has 0 aliphatic rings. The Kier molecular flexibility index (Phi) is 2.55. The van der Waals surface area contributed by atoms with E-state index in [1.165, 1.54) is 6.07 Å². The zero-order valence-electron chi connectivity index (χ0n) is 8.47. The Hall–Kier alpha value is -1.45. The monoisotopic (exact) mass is 196 g/mol. The number of rotatable bonds is 1. The van der Waals surface area contributed by atoms with Gasteiger partial charge in [0.05, 0.1) is 6.20 Å². The van der Waals surface area contributed by atoms with Crippen LogP contribution < -0.4 is 5.73 Å². The van der Waals surface area contributed by atoms with Crippen LogP contribution in [0.15, 0.2) is 12.3 Å². The van der Waals surface area contributed by atoms with E-state index in [9.17, 15) is 9.18 Å². The van der Waals surface area contributed by atoms with E-state index in [1.807, 2.05) is 20.8 Å². The molecule has 3 nitrogen and oxygen atoms in total. The van der Waals surface area contributed by atoms with Crippen LogP contribution in [0, 0.1) is 5.82 Å². The van der Waals surface area contributed by atoms with Gasteiger partial charge in [0.1, 0.15) is 11.5 Å². The summed E-state index contributed by atoms with van der Waals surface area (Å²) in [6.07, 6.45) is 1.03. The normalized spacial score (nSPS) is 11.4. The molecule has 0 aliphatic carbocycles. The molecule has 4 heteroatoms. The first-order chi connectivity index (χ1) is 6.32. The van der Waals surface area contributed by atoms with E-state index in [4.69, 9.17) is 5.73 Å². The lowest BCUT2D eigenvalue weighted by molar-refractivity contribution is 0.0995. The van der Waals surface area contributed by atoms with Gasteiger partial charge in [-0.3, -0.25) is 4.79 Å². The van der Waals surface area contributed by atoms with Gasteiger partial charge in [-0.2, -0.15) is 0 Å². The lowest BCUT2D eigenvalue weighted by Gasteiger charge is -2.19. The number of primary amides is 1. The fourth-order valence-corrected chi connectivity index (χ4v) is 1.15. The Morgan fingerprint density at radius 1 is 1.50 bits per heavy atom. The molecule has 0 bridgehead atoms. The van der Waals surface area contributed by atoms with Crippen molar-refractivity contribution in [2.45, 2.75) is 26.2 Å². The van der Waals surface area contributed by atoms with Gasteiger partial charge in [-0.1, -0.05) is 20.8 Å². The summed E-state index contributed by atoms with van der Waals surface area (Å²) in [5.74, 6) is -1.06. The van der Waals surface area contributed by atoms with Gasteiger partial charge in [0.15, 0.2) is 0 Å². The van der Waals surface area contributed by atoms with Gasteiger partial charge in [0.2, 0.25) is 0 Å². The molecule has 14 heavy (non-hydrogen) atoms. The third kappa shape index (κ3) is 2.07. The smallest absolute Gasteiger partial charge is 0.267 e. The standard InChI is InChI=1S/C10H13FN2O/c1-10(2,3)6-4-8(9(12)14)13-5-7(6)11/h4-5H,1-3H3,(H2,12,14). The van der Waals surface area contributed by atoms with E-state index in [1.54, 1.807) is 0 Å². The van der Waals surface area contributed by atoms with Crippen LogP contribution in [-0.4, -0.2) is 10.9 Å². The van der Waals surface area contributed by atoms with Gasteiger partial charge in [0, 0.05) is 0 Å². The number of amides is 1. The van der Waals surface area contributed by atoms with Crippen LogP contribution in [0.3, 0.4) is 0 Å². The van der Waals surface area contributed by atoms with Gasteiger partial charge in [0.25, 0.3) is 5.91 Å². The molecular formula is C10H13FN2O. The third-order valence-electron chi connectivity index (χ3n) is 1.92. The second-order valence-corrected chi connectivity index (χ2v) is 4.16. The van der Waals surface area contributed by atoms with E-state index in [-0.39, 0.29) is 11.1 Å². The first kappa shape index (κ1) is 10.6. The molecule has 1 amide bonds. The molecule has 0 atom stereocenters. The molecule has 0 unspecified atom stereocenters. The van der Waals surface area contributed by atoms with Crippen LogP contribution in [0.5, 0.6) is 0 Å². The van der Waals surface area contributed by atoms with Crippen molar-refractivity contribution < 1.29 is 9.18 Å². The Morgan fingerprint density at radius 2 is 2.07 bits per heavy atom. The molecule has 1 aromatic rings. The molecule has 0 fully saturated rings. The third-order valence-corrected chi connectivity index (χ3v) is 1.92. The van der Waals surface area contributed by atoms with Crippen molar-refractivity contribution >= 4 is 5.91 Å². The largest absolute Gasteiger partial charge is 0.364 e. The highest BCUT2D eigenvalue weighted by atomic mass is 19.1. The van der Waals surface area contributed by atoms with Crippen LogP contribution in [0.4, 0.5) is 4.39 Å². The molecule has 0 saturated carbocycles. The van der Waals surface area contributed by atoms with Gasteiger partial charge in [-0.15, -0.1) is 0 Å². The van der Waals surface area contributed by atoms with Crippen molar-refractivity contribution in [2.24, 2.45) is 5.73 Å². The fourth-order valence-electron chi connectivity index (χ4n) is 1.15. The zero-order chi connectivity index (χ0) is 10.9. The van der Waals surface area contributed by atoms with Crippen molar-refractivity contribution in [3.63, 3.8) is 0 Å². The topological polar surface area (TPSA) is 56.0 Å². The van der Waals surface area contributed by atoms with Crippen molar-refractivity contribution in [1.82, 2.24) is 4.98 Å². The number of hydrogen-bond donors (Lipinski definition) is 1. The quantitative estimate of drug-likeness (QED) is 0.742. The van der Waals surface area contributed by atoms with E-state index < -0.39 is 11.7 Å². The zero-order valence-corrected chi connectivity index (χ0v) is 8.47. The molecule has 76 valence electrons. The first-order valence-corrected chi connectivity index (χ1v) is 4.28. The second kappa shape index (κ2) is 3.36. The lowest BCUT2D eigenvalue weighted by Crippen LogP contribution is -2.18. The summed E-state index contributed by atoms with van der Waals surface area (Å²) >= 11 is 0. The van der Waals surface area contributed by atoms with Crippen LogP contribution in [0.1, 0.15) is 36.8 Å². The highest BCUT2D eigenvalue weighted by Gasteiger charge is 2.20. The number of pyridine rings is 1. The van der Waals surface area contributed by atoms with E-state index in [0.29, 0.717) is 5.56 Å². The lowest BCUT2D eigenvalue weighted by atomic mass is 9.87. The van der Waals surface area contributed by atoms with E-state index in [2.05, 4.69) is 4.98 Å². The van der Waals surface area contributed by atoms with Crippen molar-refractivity contribution in [3.8, 4) is 0 Å².